The average molecular weight is 357 g/mol. The average Bonchev–Trinajstić information content (AvgIpc) is 2.34. The second-order valence-corrected chi connectivity index (χ2v) is 7.37. The Balaban J connectivity index is 0.00000441. The van der Waals surface area contributed by atoms with Crippen LogP contribution in [0.3, 0.4) is 0 Å². The molecule has 8 heteroatoms. The molecule has 3 nitrogen and oxygen atoms in total. The number of anilines is 1. The Labute approximate surface area is 138 Å². The molecule has 0 aromatic heterocycles. The molecule has 1 aromatic carbocycles. The number of benzene rings is 1. The van der Waals surface area contributed by atoms with Gasteiger partial charge in [0.25, 0.3) is 0 Å². The number of nitrogens with two attached hydrogens (primary N) is 1. The molecule has 0 saturated carbocycles. The molecule has 1 amide bonds. The fraction of sp³-hybridized carbons (Fsp3) is 0.500. The second kappa shape index (κ2) is 8.08. The Bertz CT molecular complexity index is 516. The third-order valence-corrected chi connectivity index (χ3v) is 3.75. The number of carbonyl (C=O) groups is 1. The van der Waals surface area contributed by atoms with Crippen LogP contribution in [-0.2, 0) is 17.5 Å². The third-order valence-electron chi connectivity index (χ3n) is 2.48. The van der Waals surface area contributed by atoms with Gasteiger partial charge in [-0.05, 0) is 23.8 Å². The van der Waals surface area contributed by atoms with Crippen molar-refractivity contribution in [2.45, 2.75) is 38.2 Å². The number of halogens is 4. The standard InChI is InChI=1S/C14H19F3N2OS.ClH/c1-13(2,3)21-8-12(20)19-11-5-9(7-18)4-10(6-11)14(15,16)17;/h4-6H,7-8,18H2,1-3H3,(H,19,20);1H. The van der Waals surface area contributed by atoms with E-state index in [1.165, 1.54) is 17.8 Å². The van der Waals surface area contributed by atoms with E-state index in [0.29, 0.717) is 5.56 Å². The maximum atomic E-state index is 12.8. The van der Waals surface area contributed by atoms with Gasteiger partial charge in [-0.25, -0.2) is 0 Å². The van der Waals surface area contributed by atoms with Crippen molar-refractivity contribution in [2.75, 3.05) is 11.1 Å². The highest BCUT2D eigenvalue weighted by atomic mass is 35.5. The molecule has 22 heavy (non-hydrogen) atoms. The topological polar surface area (TPSA) is 55.1 Å². The molecule has 0 bridgehead atoms. The molecular weight excluding hydrogens is 337 g/mol. The van der Waals surface area contributed by atoms with Gasteiger partial charge < -0.3 is 11.1 Å². The monoisotopic (exact) mass is 356 g/mol. The van der Waals surface area contributed by atoms with Crippen molar-refractivity contribution in [1.29, 1.82) is 0 Å². The lowest BCUT2D eigenvalue weighted by Crippen LogP contribution is -2.19. The van der Waals surface area contributed by atoms with Crippen LogP contribution >= 0.6 is 24.2 Å². The van der Waals surface area contributed by atoms with Crippen LogP contribution in [0.5, 0.6) is 0 Å². The minimum Gasteiger partial charge on any atom is -0.326 e. The van der Waals surface area contributed by atoms with Gasteiger partial charge in [0.05, 0.1) is 11.3 Å². The van der Waals surface area contributed by atoms with E-state index >= 15 is 0 Å². The number of alkyl halides is 3. The van der Waals surface area contributed by atoms with Crippen molar-refractivity contribution < 1.29 is 18.0 Å². The maximum absolute atomic E-state index is 12.8. The Morgan fingerprint density at radius 1 is 1.23 bits per heavy atom. The Morgan fingerprint density at radius 3 is 2.27 bits per heavy atom. The van der Waals surface area contributed by atoms with Crippen LogP contribution in [0.1, 0.15) is 31.9 Å². The van der Waals surface area contributed by atoms with Gasteiger partial charge in [0, 0.05) is 17.0 Å². The number of nitrogens with one attached hydrogen (secondary N) is 1. The Kier molecular flexibility index (Phi) is 7.74. The van der Waals surface area contributed by atoms with E-state index < -0.39 is 11.7 Å². The zero-order valence-electron chi connectivity index (χ0n) is 12.6. The summed E-state index contributed by atoms with van der Waals surface area (Å²) in [5, 5.41) is 2.49. The first-order chi connectivity index (χ1) is 9.51. The summed E-state index contributed by atoms with van der Waals surface area (Å²) in [4.78, 5) is 11.8. The largest absolute Gasteiger partial charge is 0.416 e. The van der Waals surface area contributed by atoms with Crippen molar-refractivity contribution in [1.82, 2.24) is 0 Å². The molecule has 0 radical (unpaired) electrons. The van der Waals surface area contributed by atoms with E-state index in [-0.39, 0.29) is 41.0 Å². The summed E-state index contributed by atoms with van der Waals surface area (Å²) in [6.07, 6.45) is -4.47. The highest BCUT2D eigenvalue weighted by Gasteiger charge is 2.31. The van der Waals surface area contributed by atoms with Crippen LogP contribution in [0, 0.1) is 0 Å². The van der Waals surface area contributed by atoms with E-state index in [1.54, 1.807) is 0 Å². The SMILES string of the molecule is CC(C)(C)SCC(=O)Nc1cc(CN)cc(C(F)(F)F)c1.Cl. The highest BCUT2D eigenvalue weighted by molar-refractivity contribution is 8.01. The van der Waals surface area contributed by atoms with E-state index in [9.17, 15) is 18.0 Å². The summed E-state index contributed by atoms with van der Waals surface area (Å²) in [7, 11) is 0. The number of rotatable bonds is 4. The predicted molar refractivity (Wildman–Crippen MR) is 87.4 cm³/mol. The zero-order chi connectivity index (χ0) is 16.3. The van der Waals surface area contributed by atoms with Crippen LogP contribution in [0.25, 0.3) is 0 Å². The molecule has 1 rings (SSSR count). The number of carbonyl (C=O) groups excluding carboxylic acids is 1. The van der Waals surface area contributed by atoms with Gasteiger partial charge >= 0.3 is 6.18 Å². The minimum absolute atomic E-state index is 0. The molecule has 3 N–H and O–H groups in total. The van der Waals surface area contributed by atoms with Crippen LogP contribution in [-0.4, -0.2) is 16.4 Å². The number of hydrogen-bond donors (Lipinski definition) is 2. The first-order valence-electron chi connectivity index (χ1n) is 6.36. The van der Waals surface area contributed by atoms with Crippen molar-refractivity contribution in [3.8, 4) is 0 Å². The molecule has 0 atom stereocenters. The molecule has 0 fully saturated rings. The number of thioether (sulfide) groups is 1. The quantitative estimate of drug-likeness (QED) is 0.855. The zero-order valence-corrected chi connectivity index (χ0v) is 14.2. The Morgan fingerprint density at radius 2 is 1.82 bits per heavy atom. The van der Waals surface area contributed by atoms with Crippen molar-refractivity contribution in [3.05, 3.63) is 29.3 Å². The third kappa shape index (κ3) is 7.38. The van der Waals surface area contributed by atoms with Crippen molar-refractivity contribution in [2.24, 2.45) is 5.73 Å². The molecule has 0 unspecified atom stereocenters. The molecule has 0 heterocycles. The fourth-order valence-electron chi connectivity index (χ4n) is 1.52. The van der Waals surface area contributed by atoms with Gasteiger partial charge in [0.1, 0.15) is 0 Å². The van der Waals surface area contributed by atoms with Crippen LogP contribution < -0.4 is 11.1 Å². The molecule has 126 valence electrons. The van der Waals surface area contributed by atoms with Crippen molar-refractivity contribution in [3.63, 3.8) is 0 Å². The Hall–Kier alpha value is -0.920. The fourth-order valence-corrected chi connectivity index (χ4v) is 2.16. The first kappa shape index (κ1) is 21.1. The highest BCUT2D eigenvalue weighted by Crippen LogP contribution is 2.32. The lowest BCUT2D eigenvalue weighted by atomic mass is 10.1. The van der Waals surface area contributed by atoms with Crippen molar-refractivity contribution >= 4 is 35.8 Å². The normalized spacial score (nSPS) is 11.8. The second-order valence-electron chi connectivity index (χ2n) is 5.57. The molecule has 0 aliphatic heterocycles. The summed E-state index contributed by atoms with van der Waals surface area (Å²) < 4.78 is 38.2. The summed E-state index contributed by atoms with van der Waals surface area (Å²) in [5.41, 5.74) is 5.02. The van der Waals surface area contributed by atoms with Gasteiger partial charge in [-0.3, -0.25) is 4.79 Å². The molecule has 0 spiro atoms. The van der Waals surface area contributed by atoms with E-state index in [4.69, 9.17) is 5.73 Å². The molecule has 0 saturated heterocycles. The van der Waals surface area contributed by atoms with Gasteiger partial charge in [-0.1, -0.05) is 20.8 Å². The summed E-state index contributed by atoms with van der Waals surface area (Å²) in [5.74, 6) is -0.158. The molecule has 1 aromatic rings. The molecular formula is C14H20ClF3N2OS. The first-order valence-corrected chi connectivity index (χ1v) is 7.35. The summed E-state index contributed by atoms with van der Waals surface area (Å²) >= 11 is 1.42. The lowest BCUT2D eigenvalue weighted by Gasteiger charge is -2.17. The minimum atomic E-state index is -4.47. The van der Waals surface area contributed by atoms with Crippen LogP contribution in [0.4, 0.5) is 18.9 Å². The van der Waals surface area contributed by atoms with Crippen LogP contribution in [0.2, 0.25) is 0 Å². The summed E-state index contributed by atoms with van der Waals surface area (Å²) in [6, 6.07) is 3.35. The van der Waals surface area contributed by atoms with Crippen LogP contribution in [0.15, 0.2) is 18.2 Å². The number of amides is 1. The van der Waals surface area contributed by atoms with Gasteiger partial charge in [-0.2, -0.15) is 13.2 Å². The molecule has 0 aliphatic rings. The maximum Gasteiger partial charge on any atom is 0.416 e. The molecule has 0 aliphatic carbocycles. The van der Waals surface area contributed by atoms with Gasteiger partial charge in [-0.15, -0.1) is 24.2 Å². The predicted octanol–water partition coefficient (Wildman–Crippen LogP) is 4.06. The van der Waals surface area contributed by atoms with E-state index in [1.807, 2.05) is 20.8 Å². The summed E-state index contributed by atoms with van der Waals surface area (Å²) in [6.45, 7) is 5.86. The van der Waals surface area contributed by atoms with Gasteiger partial charge in [0.2, 0.25) is 5.91 Å². The van der Waals surface area contributed by atoms with E-state index in [2.05, 4.69) is 5.32 Å². The van der Waals surface area contributed by atoms with Gasteiger partial charge in [0.15, 0.2) is 0 Å². The smallest absolute Gasteiger partial charge is 0.326 e. The lowest BCUT2D eigenvalue weighted by molar-refractivity contribution is -0.137. The number of hydrogen-bond acceptors (Lipinski definition) is 3. The van der Waals surface area contributed by atoms with E-state index in [0.717, 1.165) is 12.1 Å².